The number of carbonyl (C=O) groups excluding carboxylic acids is 2. The third-order valence-electron chi connectivity index (χ3n) is 7.41. The quantitative estimate of drug-likeness (QED) is 0.452. The molecule has 0 aromatic rings. The van der Waals surface area contributed by atoms with Crippen molar-refractivity contribution in [3.8, 4) is 0 Å². The monoisotopic (exact) mass is 487 g/mol. The maximum absolute atomic E-state index is 13.7. The van der Waals surface area contributed by atoms with Crippen molar-refractivity contribution in [2.45, 2.75) is 105 Å². The molecule has 4 N–H and O–H groups in total. The van der Waals surface area contributed by atoms with E-state index in [-0.39, 0.29) is 47.6 Å². The Morgan fingerprint density at radius 3 is 2.48 bits per heavy atom. The van der Waals surface area contributed by atoms with Crippen LogP contribution in [0, 0.1) is 0 Å². The molecule has 8 unspecified atom stereocenters. The minimum absolute atomic E-state index is 0.00117. The van der Waals surface area contributed by atoms with Crippen molar-refractivity contribution < 1.29 is 23.5 Å². The van der Waals surface area contributed by atoms with Gasteiger partial charge in [0.25, 0.3) is 0 Å². The maximum Gasteiger partial charge on any atom is 0.317 e. The first-order valence-corrected chi connectivity index (χ1v) is 13.2. The molecule has 9 nitrogen and oxygen atoms in total. The molecule has 2 aliphatic carbocycles. The van der Waals surface area contributed by atoms with Crippen molar-refractivity contribution in [1.82, 2.24) is 26.4 Å². The van der Waals surface area contributed by atoms with Gasteiger partial charge in [0, 0.05) is 32.8 Å². The van der Waals surface area contributed by atoms with Gasteiger partial charge in [-0.25, -0.2) is 20.0 Å². The van der Waals surface area contributed by atoms with E-state index in [1.54, 1.807) is 14.2 Å². The first-order chi connectivity index (χ1) is 16.0. The van der Waals surface area contributed by atoms with E-state index in [4.69, 9.17) is 9.47 Å². The minimum atomic E-state index is -0.826. The molecule has 188 valence electrons. The third-order valence-corrected chi connectivity index (χ3v) is 8.74. The standard InChI is InChI=1S/C22H38FN5O4S/c1-31-17-9-8-15(12-18(17)32-2)25-22(30)28-10-4-7-16(28)20-26-27-21(33-20)19(29)24-14-6-3-5-13(23)11-14/h13-18,20-21,26-27H,3-12H2,1-2H3,(H,24,29)(H,25,30). The fourth-order valence-corrected chi connectivity index (χ4v) is 6.81. The molecule has 0 bridgehead atoms. The predicted molar refractivity (Wildman–Crippen MR) is 124 cm³/mol. The topological polar surface area (TPSA) is 104 Å². The van der Waals surface area contributed by atoms with Crippen LogP contribution in [0.15, 0.2) is 0 Å². The van der Waals surface area contributed by atoms with Gasteiger partial charge in [0.15, 0.2) is 0 Å². The normalized spacial score (nSPS) is 39.4. The molecule has 0 spiro atoms. The number of hydrazine groups is 1. The van der Waals surface area contributed by atoms with Gasteiger partial charge in [-0.3, -0.25) is 4.79 Å². The Kier molecular flexibility index (Phi) is 8.72. The van der Waals surface area contributed by atoms with E-state index in [9.17, 15) is 14.0 Å². The molecular weight excluding hydrogens is 449 g/mol. The molecule has 4 aliphatic rings. The zero-order chi connectivity index (χ0) is 23.4. The molecule has 4 fully saturated rings. The molecule has 11 heteroatoms. The molecule has 2 saturated carbocycles. The summed E-state index contributed by atoms with van der Waals surface area (Å²) in [5, 5.41) is 5.66. The third kappa shape index (κ3) is 6.11. The van der Waals surface area contributed by atoms with Gasteiger partial charge in [-0.1, -0.05) is 0 Å². The Morgan fingerprint density at radius 2 is 1.73 bits per heavy atom. The van der Waals surface area contributed by atoms with Crippen molar-refractivity contribution in [3.63, 3.8) is 0 Å². The number of hydrogen-bond acceptors (Lipinski definition) is 7. The highest BCUT2D eigenvalue weighted by molar-refractivity contribution is 8.01. The molecule has 2 aliphatic heterocycles. The summed E-state index contributed by atoms with van der Waals surface area (Å²) in [5.41, 5.74) is 6.28. The number of alkyl halides is 1. The van der Waals surface area contributed by atoms with Crippen LogP contribution < -0.4 is 21.5 Å². The average Bonchev–Trinajstić information content (AvgIpc) is 3.48. The highest BCUT2D eigenvalue weighted by Gasteiger charge is 2.42. The Hall–Kier alpha value is -1.14. The number of carbonyl (C=O) groups is 2. The number of rotatable bonds is 6. The van der Waals surface area contributed by atoms with Crippen molar-refractivity contribution >= 4 is 23.7 Å². The molecule has 0 aromatic carbocycles. The molecule has 4 rings (SSSR count). The maximum atomic E-state index is 13.7. The zero-order valence-electron chi connectivity index (χ0n) is 19.6. The van der Waals surface area contributed by atoms with Gasteiger partial charge < -0.3 is 25.0 Å². The van der Waals surface area contributed by atoms with E-state index in [2.05, 4.69) is 21.5 Å². The summed E-state index contributed by atoms with van der Waals surface area (Å²) < 4.78 is 24.7. The number of methoxy groups -OCH3 is 2. The number of hydrogen-bond donors (Lipinski definition) is 4. The summed E-state index contributed by atoms with van der Waals surface area (Å²) in [4.78, 5) is 27.7. The zero-order valence-corrected chi connectivity index (χ0v) is 20.4. The number of amides is 3. The smallest absolute Gasteiger partial charge is 0.317 e. The fraction of sp³-hybridized carbons (Fsp3) is 0.909. The first-order valence-electron chi connectivity index (χ1n) is 12.2. The second-order valence-corrected chi connectivity index (χ2v) is 10.9. The molecule has 3 amide bonds. The highest BCUT2D eigenvalue weighted by atomic mass is 32.2. The van der Waals surface area contributed by atoms with Gasteiger partial charge >= 0.3 is 6.03 Å². The van der Waals surface area contributed by atoms with Crippen LogP contribution in [0.5, 0.6) is 0 Å². The van der Waals surface area contributed by atoms with E-state index < -0.39 is 11.5 Å². The summed E-state index contributed by atoms with van der Waals surface area (Å²) in [7, 11) is 3.38. The van der Waals surface area contributed by atoms with E-state index in [0.29, 0.717) is 19.4 Å². The minimum Gasteiger partial charge on any atom is -0.379 e. The number of nitrogens with one attached hydrogen (secondary N) is 4. The summed E-state index contributed by atoms with van der Waals surface area (Å²) >= 11 is 1.49. The number of urea groups is 1. The lowest BCUT2D eigenvalue weighted by Gasteiger charge is -2.36. The number of thioether (sulfide) groups is 1. The SMILES string of the molecule is COC1CCC(NC(=O)N2CCCC2C2NNC(C(=O)NC3CCCC(F)C3)S2)CC1OC. The number of ether oxygens (including phenoxy) is 2. The van der Waals surface area contributed by atoms with Crippen LogP contribution in [0.4, 0.5) is 9.18 Å². The Labute approximate surface area is 199 Å². The van der Waals surface area contributed by atoms with Gasteiger partial charge in [-0.15, -0.1) is 11.8 Å². The fourth-order valence-electron chi connectivity index (χ4n) is 5.59. The van der Waals surface area contributed by atoms with E-state index in [1.165, 1.54) is 11.8 Å². The summed E-state index contributed by atoms with van der Waals surface area (Å²) in [6.45, 7) is 0.702. The molecule has 2 saturated heterocycles. The highest BCUT2D eigenvalue weighted by Crippen LogP contribution is 2.32. The van der Waals surface area contributed by atoms with E-state index in [1.807, 2.05) is 4.90 Å². The lowest BCUT2D eigenvalue weighted by molar-refractivity contribution is -0.122. The molecule has 33 heavy (non-hydrogen) atoms. The van der Waals surface area contributed by atoms with Gasteiger partial charge in [0.1, 0.15) is 11.5 Å². The van der Waals surface area contributed by atoms with Crippen LogP contribution in [0.2, 0.25) is 0 Å². The second kappa shape index (κ2) is 11.5. The number of halogens is 1. The summed E-state index contributed by atoms with van der Waals surface area (Å²) in [6.07, 6.45) is 6.12. The Bertz CT molecular complexity index is 691. The molecule has 8 atom stereocenters. The van der Waals surface area contributed by atoms with Gasteiger partial charge in [-0.2, -0.15) is 0 Å². The average molecular weight is 488 g/mol. The predicted octanol–water partition coefficient (Wildman–Crippen LogP) is 1.63. The van der Waals surface area contributed by atoms with Crippen LogP contribution in [0.1, 0.15) is 57.8 Å². The largest absolute Gasteiger partial charge is 0.379 e. The first kappa shape index (κ1) is 25.0. The van der Waals surface area contributed by atoms with Gasteiger partial charge in [0.05, 0.1) is 23.6 Å². The van der Waals surface area contributed by atoms with Crippen molar-refractivity contribution in [1.29, 1.82) is 0 Å². The Balaban J connectivity index is 1.27. The van der Waals surface area contributed by atoms with Gasteiger partial charge in [0.2, 0.25) is 5.91 Å². The number of likely N-dealkylation sites (tertiary alicyclic amines) is 1. The van der Waals surface area contributed by atoms with Gasteiger partial charge in [-0.05, 0) is 57.8 Å². The Morgan fingerprint density at radius 1 is 0.939 bits per heavy atom. The number of nitrogens with zero attached hydrogens (tertiary/aromatic N) is 1. The van der Waals surface area contributed by atoms with Crippen molar-refractivity contribution in [2.24, 2.45) is 0 Å². The lowest BCUT2D eigenvalue weighted by Crippen LogP contribution is -2.54. The second-order valence-electron chi connectivity index (χ2n) is 9.61. The molecule has 0 radical (unpaired) electrons. The van der Waals surface area contributed by atoms with Crippen LogP contribution in [-0.4, -0.2) is 84.9 Å². The van der Waals surface area contributed by atoms with E-state index >= 15 is 0 Å². The van der Waals surface area contributed by atoms with Crippen LogP contribution >= 0.6 is 11.8 Å². The van der Waals surface area contributed by atoms with Crippen molar-refractivity contribution in [2.75, 3.05) is 20.8 Å². The molecular formula is C22H38FN5O4S. The lowest BCUT2D eigenvalue weighted by atomic mass is 9.90. The summed E-state index contributed by atoms with van der Waals surface area (Å²) in [5.74, 6) is -0.122. The summed E-state index contributed by atoms with van der Waals surface area (Å²) in [6, 6.07) is -0.0928. The van der Waals surface area contributed by atoms with Crippen LogP contribution in [0.25, 0.3) is 0 Å². The van der Waals surface area contributed by atoms with Crippen molar-refractivity contribution in [3.05, 3.63) is 0 Å². The van der Waals surface area contributed by atoms with Crippen LogP contribution in [0.3, 0.4) is 0 Å². The van der Waals surface area contributed by atoms with Crippen LogP contribution in [-0.2, 0) is 14.3 Å². The molecule has 2 heterocycles. The molecule has 0 aromatic heterocycles. The van der Waals surface area contributed by atoms with E-state index in [0.717, 1.165) is 44.9 Å².